The summed E-state index contributed by atoms with van der Waals surface area (Å²) in [7, 11) is 0. The number of anilines is 1. The zero-order valence-corrected chi connectivity index (χ0v) is 16.2. The fourth-order valence-corrected chi connectivity index (χ4v) is 3.74. The maximum absolute atomic E-state index is 12.8. The van der Waals surface area contributed by atoms with Gasteiger partial charge in [-0.25, -0.2) is 4.98 Å². The van der Waals surface area contributed by atoms with Crippen LogP contribution < -0.4 is 20.1 Å². The first-order valence-electron chi connectivity index (χ1n) is 8.86. The summed E-state index contributed by atoms with van der Waals surface area (Å²) in [6.45, 7) is 4.71. The number of amides is 2. The second kappa shape index (κ2) is 7.51. The number of hydrogen-bond donors (Lipinski definition) is 2. The van der Waals surface area contributed by atoms with Gasteiger partial charge in [-0.3, -0.25) is 9.59 Å². The standard InChI is InChI=1S/C19H19N3O5S/c1-10(2)16(21-17(23)12-4-3-5-25-12)18(24)22-19-20-11-8-13-14(9-15(11)28-19)27-7-6-26-13/h3-5,8-10,16H,6-7H2,1-2H3,(H,21,23)(H,20,22,24)/t16-/m0/s1. The lowest BCUT2D eigenvalue weighted by atomic mass is 10.0. The van der Waals surface area contributed by atoms with Crippen LogP contribution in [0.15, 0.2) is 34.9 Å². The number of furan rings is 1. The van der Waals surface area contributed by atoms with Crippen molar-refractivity contribution in [3.05, 3.63) is 36.3 Å². The van der Waals surface area contributed by atoms with Gasteiger partial charge in [0.15, 0.2) is 22.4 Å². The van der Waals surface area contributed by atoms with E-state index >= 15 is 0 Å². The van der Waals surface area contributed by atoms with Crippen molar-refractivity contribution >= 4 is 38.5 Å². The number of nitrogens with zero attached hydrogens (tertiary/aromatic N) is 1. The van der Waals surface area contributed by atoms with Gasteiger partial charge in [0.25, 0.3) is 5.91 Å². The van der Waals surface area contributed by atoms with Crippen LogP contribution in [0.25, 0.3) is 10.2 Å². The van der Waals surface area contributed by atoms with E-state index in [4.69, 9.17) is 13.9 Å². The van der Waals surface area contributed by atoms with Crippen molar-refractivity contribution in [1.29, 1.82) is 0 Å². The van der Waals surface area contributed by atoms with Crippen LogP contribution in [-0.4, -0.2) is 36.1 Å². The molecule has 9 heteroatoms. The Morgan fingerprint density at radius 2 is 1.93 bits per heavy atom. The molecule has 3 aromatic rings. The lowest BCUT2D eigenvalue weighted by Gasteiger charge is -2.20. The monoisotopic (exact) mass is 401 g/mol. The van der Waals surface area contributed by atoms with Gasteiger partial charge in [0.05, 0.1) is 16.5 Å². The fourth-order valence-electron chi connectivity index (χ4n) is 2.86. The number of nitrogens with one attached hydrogen (secondary N) is 2. The van der Waals surface area contributed by atoms with Crippen molar-refractivity contribution in [1.82, 2.24) is 10.3 Å². The van der Waals surface area contributed by atoms with Crippen molar-refractivity contribution in [2.75, 3.05) is 18.5 Å². The average molecular weight is 401 g/mol. The molecule has 0 spiro atoms. The minimum Gasteiger partial charge on any atom is -0.486 e. The Morgan fingerprint density at radius 3 is 2.61 bits per heavy atom. The molecule has 4 rings (SSSR count). The summed E-state index contributed by atoms with van der Waals surface area (Å²) in [6.07, 6.45) is 1.41. The van der Waals surface area contributed by atoms with Crippen LogP contribution in [0.2, 0.25) is 0 Å². The summed E-state index contributed by atoms with van der Waals surface area (Å²) in [5, 5.41) is 5.95. The molecule has 8 nitrogen and oxygen atoms in total. The number of hydrogen-bond acceptors (Lipinski definition) is 7. The Bertz CT molecular complexity index is 969. The van der Waals surface area contributed by atoms with E-state index in [1.807, 2.05) is 19.9 Å². The molecule has 1 atom stereocenters. The van der Waals surface area contributed by atoms with Crippen molar-refractivity contribution in [2.45, 2.75) is 19.9 Å². The summed E-state index contributed by atoms with van der Waals surface area (Å²) in [5.41, 5.74) is 0.713. The van der Waals surface area contributed by atoms with Gasteiger partial charge >= 0.3 is 0 Å². The summed E-state index contributed by atoms with van der Waals surface area (Å²) >= 11 is 1.33. The van der Waals surface area contributed by atoms with Crippen molar-refractivity contribution in [3.8, 4) is 11.5 Å². The highest BCUT2D eigenvalue weighted by Gasteiger charge is 2.26. The molecular weight excluding hydrogens is 382 g/mol. The molecule has 2 aromatic heterocycles. The van der Waals surface area contributed by atoms with Crippen LogP contribution in [-0.2, 0) is 4.79 Å². The molecule has 1 aromatic carbocycles. The molecule has 0 unspecified atom stereocenters. The maximum atomic E-state index is 12.8. The molecule has 0 radical (unpaired) electrons. The Balaban J connectivity index is 1.51. The first-order valence-corrected chi connectivity index (χ1v) is 9.68. The topological polar surface area (TPSA) is 103 Å². The van der Waals surface area contributed by atoms with Gasteiger partial charge < -0.3 is 24.5 Å². The fraction of sp³-hybridized carbons (Fsp3) is 0.316. The Morgan fingerprint density at radius 1 is 1.18 bits per heavy atom. The van der Waals surface area contributed by atoms with Gasteiger partial charge in [-0.15, -0.1) is 0 Å². The third kappa shape index (κ3) is 3.65. The van der Waals surface area contributed by atoms with Gasteiger partial charge in [0.2, 0.25) is 5.91 Å². The molecule has 2 N–H and O–H groups in total. The largest absolute Gasteiger partial charge is 0.486 e. The Hall–Kier alpha value is -3.07. The van der Waals surface area contributed by atoms with Crippen LogP contribution in [0.3, 0.4) is 0 Å². The van der Waals surface area contributed by atoms with Crippen LogP contribution in [0.4, 0.5) is 5.13 Å². The van der Waals surface area contributed by atoms with E-state index in [0.717, 1.165) is 4.70 Å². The highest BCUT2D eigenvalue weighted by Crippen LogP contribution is 2.37. The third-order valence-electron chi connectivity index (χ3n) is 4.26. The molecule has 0 fully saturated rings. The Kier molecular flexibility index (Phi) is 4.91. The molecule has 3 heterocycles. The van der Waals surface area contributed by atoms with Crippen LogP contribution in [0, 0.1) is 5.92 Å². The molecule has 28 heavy (non-hydrogen) atoms. The van der Waals surface area contributed by atoms with E-state index < -0.39 is 11.9 Å². The van der Waals surface area contributed by atoms with E-state index in [9.17, 15) is 9.59 Å². The number of thiazole rings is 1. The van der Waals surface area contributed by atoms with Gasteiger partial charge in [-0.05, 0) is 18.1 Å². The molecule has 1 aliphatic heterocycles. The molecular formula is C19H19N3O5S. The third-order valence-corrected chi connectivity index (χ3v) is 5.20. The minimum atomic E-state index is -0.732. The van der Waals surface area contributed by atoms with Crippen LogP contribution >= 0.6 is 11.3 Å². The summed E-state index contributed by atoms with van der Waals surface area (Å²) in [4.78, 5) is 29.4. The molecule has 146 valence electrons. The highest BCUT2D eigenvalue weighted by atomic mass is 32.1. The number of fused-ring (bicyclic) bond motifs is 2. The van der Waals surface area contributed by atoms with Crippen molar-refractivity contribution in [2.24, 2.45) is 5.92 Å². The molecule has 2 amide bonds. The van der Waals surface area contributed by atoms with Gasteiger partial charge in [-0.1, -0.05) is 25.2 Å². The lowest BCUT2D eigenvalue weighted by molar-refractivity contribution is -0.118. The minimum absolute atomic E-state index is 0.123. The van der Waals surface area contributed by atoms with Crippen LogP contribution in [0.1, 0.15) is 24.4 Å². The van der Waals surface area contributed by atoms with E-state index in [2.05, 4.69) is 15.6 Å². The van der Waals surface area contributed by atoms with Gasteiger partial charge in [0.1, 0.15) is 19.3 Å². The first-order chi connectivity index (χ1) is 13.5. The van der Waals surface area contributed by atoms with Crippen LogP contribution in [0.5, 0.6) is 11.5 Å². The second-order valence-corrected chi connectivity index (χ2v) is 7.67. The number of aromatic nitrogens is 1. The maximum Gasteiger partial charge on any atom is 0.287 e. The van der Waals surface area contributed by atoms with Gasteiger partial charge in [-0.2, -0.15) is 0 Å². The van der Waals surface area contributed by atoms with E-state index in [0.29, 0.717) is 35.4 Å². The predicted molar refractivity (Wildman–Crippen MR) is 104 cm³/mol. The lowest BCUT2D eigenvalue weighted by Crippen LogP contribution is -2.47. The second-order valence-electron chi connectivity index (χ2n) is 6.64. The molecule has 0 aliphatic carbocycles. The van der Waals surface area contributed by atoms with Crippen molar-refractivity contribution < 1.29 is 23.5 Å². The van der Waals surface area contributed by atoms with E-state index in [1.54, 1.807) is 18.2 Å². The number of ether oxygens (including phenoxy) is 2. The molecule has 0 saturated carbocycles. The summed E-state index contributed by atoms with van der Waals surface area (Å²) < 4.78 is 17.1. The van der Waals surface area contributed by atoms with E-state index in [1.165, 1.54) is 17.6 Å². The molecule has 0 bridgehead atoms. The molecule has 0 saturated heterocycles. The normalized spacial score (nSPS) is 14.1. The number of rotatable bonds is 5. The zero-order valence-electron chi connectivity index (χ0n) is 15.4. The SMILES string of the molecule is CC(C)[C@H](NC(=O)c1ccco1)C(=O)Nc1nc2cc3c(cc2s1)OCCO3. The van der Waals surface area contributed by atoms with E-state index in [-0.39, 0.29) is 17.6 Å². The molecule has 1 aliphatic rings. The van der Waals surface area contributed by atoms with Gasteiger partial charge in [0, 0.05) is 12.1 Å². The highest BCUT2D eigenvalue weighted by molar-refractivity contribution is 7.22. The Labute approximate surface area is 164 Å². The summed E-state index contributed by atoms with van der Waals surface area (Å²) in [5.74, 6) is 0.571. The predicted octanol–water partition coefficient (Wildman–Crippen LogP) is 3.05. The first kappa shape index (κ1) is 18.3. The average Bonchev–Trinajstić information content (AvgIpc) is 3.32. The van der Waals surface area contributed by atoms with Crippen molar-refractivity contribution in [3.63, 3.8) is 0 Å². The number of benzene rings is 1. The summed E-state index contributed by atoms with van der Waals surface area (Å²) in [6, 6.07) is 6.09. The quantitative estimate of drug-likeness (QED) is 0.681. The smallest absolute Gasteiger partial charge is 0.287 e. The zero-order chi connectivity index (χ0) is 19.7. The number of carbonyl (C=O) groups is 2. The number of carbonyl (C=O) groups excluding carboxylic acids is 2.